The second-order valence-corrected chi connectivity index (χ2v) is 30.2. The summed E-state index contributed by atoms with van der Waals surface area (Å²) in [4.78, 5) is 75.7. The number of phenolic OH excluding ortho intramolecular Hbond substituents is 3. The Morgan fingerprint density at radius 1 is 0.531 bits per heavy atom. The van der Waals surface area contributed by atoms with Crippen molar-refractivity contribution in [2.75, 3.05) is 27.6 Å². The van der Waals surface area contributed by atoms with Crippen molar-refractivity contribution in [2.24, 2.45) is 16.4 Å². The highest BCUT2D eigenvalue weighted by atomic mass is 35.5. The van der Waals surface area contributed by atoms with E-state index in [1.807, 2.05) is 106 Å². The van der Waals surface area contributed by atoms with Gasteiger partial charge in [0.1, 0.15) is 46.4 Å². The first-order valence-electron chi connectivity index (χ1n) is 39.8. The van der Waals surface area contributed by atoms with E-state index in [9.17, 15) is 49.3 Å². The second kappa shape index (κ2) is 48.7. The Morgan fingerprint density at radius 2 is 0.991 bits per heavy atom. The number of para-hydroxylation sites is 1. The number of nitriles is 1. The van der Waals surface area contributed by atoms with Gasteiger partial charge in [0, 0.05) is 45.7 Å². The molecule has 0 saturated heterocycles. The van der Waals surface area contributed by atoms with Gasteiger partial charge in [-0.25, -0.2) is 0 Å². The van der Waals surface area contributed by atoms with Crippen LogP contribution in [0.25, 0.3) is 0 Å². The number of rotatable bonds is 37. The quantitative estimate of drug-likeness (QED) is 0.0141. The first-order chi connectivity index (χ1) is 54.0. The van der Waals surface area contributed by atoms with E-state index in [2.05, 4.69) is 46.3 Å². The summed E-state index contributed by atoms with van der Waals surface area (Å²) in [5.41, 5.74) is 8.32. The summed E-state index contributed by atoms with van der Waals surface area (Å²) in [7, 11) is 0. The van der Waals surface area contributed by atoms with Gasteiger partial charge < -0.3 is 55.5 Å². The molecule has 0 spiro atoms. The van der Waals surface area contributed by atoms with Crippen LogP contribution in [0, 0.1) is 71.1 Å². The van der Waals surface area contributed by atoms with E-state index in [1.165, 1.54) is 57.1 Å². The van der Waals surface area contributed by atoms with Crippen molar-refractivity contribution < 1.29 is 63.0 Å². The highest BCUT2D eigenvalue weighted by Crippen LogP contribution is 2.35. The molecule has 0 bridgehead atoms. The van der Waals surface area contributed by atoms with Crippen LogP contribution in [0.5, 0.6) is 34.5 Å². The second-order valence-electron chi connectivity index (χ2n) is 29.3. The Hall–Kier alpha value is -10.1. The van der Waals surface area contributed by atoms with Gasteiger partial charge in [0.15, 0.2) is 18.3 Å². The van der Waals surface area contributed by atoms with E-state index in [0.717, 1.165) is 94.6 Å². The third-order valence-electron chi connectivity index (χ3n) is 19.6. The molecule has 0 radical (unpaired) electrons. The number of nitrogens with zero attached hydrogens (tertiary/aromatic N) is 3. The Balaban J connectivity index is 0.000000272. The molecule has 8 rings (SSSR count). The number of amidine groups is 1. The fourth-order valence-electron chi connectivity index (χ4n) is 11.9. The van der Waals surface area contributed by atoms with Crippen molar-refractivity contribution in [3.8, 4) is 40.6 Å². The molecule has 5 atom stereocenters. The zero-order chi connectivity index (χ0) is 83.2. The Labute approximate surface area is 679 Å². The minimum Gasteiger partial charge on any atom is -0.508 e. The molecule has 1 aliphatic heterocycles. The summed E-state index contributed by atoms with van der Waals surface area (Å²) in [6, 6.07) is 40.9. The number of esters is 1. The van der Waals surface area contributed by atoms with Crippen LogP contribution in [-0.2, 0) is 33.5 Å². The third kappa shape index (κ3) is 31.8. The number of hydrogen-bond donors (Lipinski definition) is 7. The number of anilines is 4. The normalized spacial score (nSPS) is 13.0. The Bertz CT molecular complexity index is 4330. The number of benzene rings is 7. The molecule has 5 amide bonds. The standard InChI is InChI=1S/C28H38N2O3.C23H31Cl2N3O4.C21H27NO3.C19H23NO3/c1-3-4-5-6-7-8-9-10-11-12-17-27(33-26-16-14-13-15-23(26)21-29)28(32)30-24-19-18-22(2)25(31)20-24;1-5-7-12-32-21(30)15(3)10-11-23(4,6-2)22(31)26-19-14-20(29)28(27-19)18-13-16(24)8-9-17(18)25;1-5-6-7-20(25-19-11-8-14(2)12-16(19)4)21(24)22-17-10-9-15(3)18(23)13-17;1-5-17(23-18-9-6-12(2)10-14(18)4)19(22)20-15-8-7-13(3)16(21)11-15/h13-16,18-20,27,31H,3-12,17H2,1-2H3,(H,30,32);8-9,13,15H,5-7,10-12,14H2,1-4H3,(H,26,27,31);8-13,20,23H,5-7H2,1-4H3,(H,22,24);6-11,17,21H,5H2,1-4H3,(H,20,22). The highest BCUT2D eigenvalue weighted by molar-refractivity contribution is 6.36. The number of ether oxygens (including phenoxy) is 4. The predicted molar refractivity (Wildman–Crippen MR) is 454 cm³/mol. The number of nitrogens with one attached hydrogen (secondary N) is 4. The Morgan fingerprint density at radius 3 is 1.46 bits per heavy atom. The predicted octanol–water partition coefficient (Wildman–Crippen LogP) is 21.6. The van der Waals surface area contributed by atoms with Gasteiger partial charge >= 0.3 is 5.97 Å². The lowest BCUT2D eigenvalue weighted by Gasteiger charge is -2.27. The number of aryl methyl sites for hydroxylation is 7. The van der Waals surface area contributed by atoms with Crippen LogP contribution in [0.4, 0.5) is 22.7 Å². The summed E-state index contributed by atoms with van der Waals surface area (Å²) < 4.78 is 23.2. The minimum atomic E-state index is -0.718. The van der Waals surface area contributed by atoms with E-state index >= 15 is 0 Å². The van der Waals surface area contributed by atoms with Crippen LogP contribution < -0.4 is 40.5 Å². The zero-order valence-corrected chi connectivity index (χ0v) is 70.1. The van der Waals surface area contributed by atoms with Crippen molar-refractivity contribution in [1.29, 1.82) is 5.26 Å². The lowest BCUT2D eigenvalue weighted by Crippen LogP contribution is -2.42. The monoisotopic (exact) mass is 1590 g/mol. The molecule has 113 heavy (non-hydrogen) atoms. The van der Waals surface area contributed by atoms with E-state index in [1.54, 1.807) is 98.8 Å². The maximum atomic E-state index is 13.0. The molecule has 0 aromatic heterocycles. The maximum Gasteiger partial charge on any atom is 0.308 e. The molecule has 1 heterocycles. The fourth-order valence-corrected chi connectivity index (χ4v) is 12.3. The summed E-state index contributed by atoms with van der Waals surface area (Å²) in [6.07, 6.45) is 17.3. The number of unbranched alkanes of at least 4 members (excludes halogenated alkanes) is 11. The molecule has 1 aliphatic rings. The van der Waals surface area contributed by atoms with Crippen molar-refractivity contribution in [3.05, 3.63) is 188 Å². The van der Waals surface area contributed by atoms with E-state index < -0.39 is 23.7 Å². The number of halogens is 2. The molecule has 5 unspecified atom stereocenters. The fraction of sp³-hybridized carbons (Fsp3) is 0.451. The van der Waals surface area contributed by atoms with Gasteiger partial charge in [0.2, 0.25) is 5.91 Å². The topological polar surface area (TPSA) is 288 Å². The smallest absolute Gasteiger partial charge is 0.308 e. The number of aromatic hydroxyl groups is 3. The van der Waals surface area contributed by atoms with Gasteiger partial charge in [-0.2, -0.15) is 15.4 Å². The van der Waals surface area contributed by atoms with Crippen LogP contribution in [0.1, 0.15) is 228 Å². The van der Waals surface area contributed by atoms with E-state index in [0.29, 0.717) is 95.0 Å². The lowest BCUT2D eigenvalue weighted by atomic mass is 9.80. The van der Waals surface area contributed by atoms with E-state index in [-0.39, 0.29) is 70.9 Å². The number of hydrazone groups is 1. The molecular weight excluding hydrogens is 1470 g/mol. The molecule has 7 N–H and O–H groups in total. The summed E-state index contributed by atoms with van der Waals surface area (Å²) in [5.74, 6) is 0.782. The first-order valence-corrected chi connectivity index (χ1v) is 40.5. The lowest BCUT2D eigenvalue weighted by molar-refractivity contribution is -0.149. The molecule has 0 fully saturated rings. The van der Waals surface area contributed by atoms with Crippen LogP contribution >= 0.6 is 23.2 Å². The van der Waals surface area contributed by atoms with Gasteiger partial charge in [0.05, 0.1) is 35.2 Å². The molecule has 7 aromatic rings. The van der Waals surface area contributed by atoms with Gasteiger partial charge in [0.25, 0.3) is 23.6 Å². The van der Waals surface area contributed by atoms with Crippen LogP contribution in [0.2, 0.25) is 10.0 Å². The van der Waals surface area contributed by atoms with Crippen LogP contribution in [0.15, 0.2) is 139 Å². The first kappa shape index (κ1) is 93.5. The molecule has 7 aromatic carbocycles. The number of phenols is 3. The van der Waals surface area contributed by atoms with Crippen molar-refractivity contribution >= 4 is 87.3 Å². The number of carbonyl (C=O) groups excluding carboxylic acids is 6. The Kier molecular flexibility index (Phi) is 40.3. The largest absolute Gasteiger partial charge is 0.508 e. The van der Waals surface area contributed by atoms with Gasteiger partial charge in [-0.15, -0.1) is 0 Å². The van der Waals surface area contributed by atoms with Gasteiger partial charge in [-0.3, -0.25) is 28.8 Å². The van der Waals surface area contributed by atoms with E-state index in [4.69, 9.17) is 42.1 Å². The molecule has 0 saturated carbocycles. The van der Waals surface area contributed by atoms with Crippen molar-refractivity contribution in [2.45, 2.75) is 250 Å². The van der Waals surface area contributed by atoms with Gasteiger partial charge in [-0.05, 0) is 195 Å². The number of hydrogen-bond acceptors (Lipinski definition) is 15. The third-order valence-corrected chi connectivity index (χ3v) is 20.1. The maximum absolute atomic E-state index is 13.0. The molecule has 0 aliphatic carbocycles. The minimum absolute atomic E-state index is 0.0471. The molecule has 22 heteroatoms. The summed E-state index contributed by atoms with van der Waals surface area (Å²) in [5, 5.41) is 56.3. The number of amides is 5. The molecule has 20 nitrogen and oxygen atoms in total. The van der Waals surface area contributed by atoms with Crippen LogP contribution in [0.3, 0.4) is 0 Å². The SMILES string of the molecule is CCC(Oc1ccc(C)cc1C)C(=O)Nc1ccc(C)c(O)c1.CCCCC(Oc1ccc(C)cc1C)C(=O)Nc1ccc(C)c(O)c1.CCCCCCCCCCCCC(Oc1ccccc1C#N)C(=O)Nc1ccc(C)c(O)c1.CCCCOC(=O)C(C)CCC(C)(CC)C(=O)NC1=NN(c2cc(Cl)ccc2Cl)C(=O)C1. The molecular formula is C91H119Cl2N7O13. The summed E-state index contributed by atoms with van der Waals surface area (Å²) in [6.45, 7) is 27.7. The van der Waals surface area contributed by atoms with Crippen LogP contribution in [-0.4, -0.2) is 81.6 Å². The molecule has 610 valence electrons. The van der Waals surface area contributed by atoms with Crippen molar-refractivity contribution in [3.63, 3.8) is 0 Å². The zero-order valence-electron chi connectivity index (χ0n) is 68.6. The van der Waals surface area contributed by atoms with Crippen molar-refractivity contribution in [1.82, 2.24) is 5.32 Å². The summed E-state index contributed by atoms with van der Waals surface area (Å²) >= 11 is 12.2. The number of carbonyl (C=O) groups is 6. The van der Waals surface area contributed by atoms with Gasteiger partial charge in [-0.1, -0.05) is 208 Å². The average Bonchev–Trinajstić information content (AvgIpc) is 1.68. The highest BCUT2D eigenvalue weighted by Gasteiger charge is 2.36. The average molecular weight is 1590 g/mol.